The maximum Gasteiger partial charge on any atom is 0.0603 e. The van der Waals surface area contributed by atoms with Crippen molar-refractivity contribution >= 4 is 27.3 Å². The minimum absolute atomic E-state index is 0.0365. The zero-order chi connectivity index (χ0) is 12.4. The normalized spacial score (nSPS) is 12.7. The number of hydrogen-bond acceptors (Lipinski definition) is 3. The van der Waals surface area contributed by atoms with E-state index in [9.17, 15) is 0 Å². The summed E-state index contributed by atoms with van der Waals surface area (Å²) in [7, 11) is 0. The fourth-order valence-electron chi connectivity index (χ4n) is 1.88. The molecular formula is C13H15BrN2S. The molecule has 2 aromatic heterocycles. The third-order valence-corrected chi connectivity index (χ3v) is 4.65. The van der Waals surface area contributed by atoms with Gasteiger partial charge >= 0.3 is 0 Å². The standard InChI is InChI=1S/C13H15BrN2S/c1-8-5-9(2)13(16-7-8)11(15)6-12-10(14)3-4-17-12/h3-5,7,11H,6,15H2,1-2H3. The van der Waals surface area contributed by atoms with Crippen LogP contribution in [0.25, 0.3) is 0 Å². The van der Waals surface area contributed by atoms with Gasteiger partial charge in [0, 0.05) is 22.0 Å². The number of rotatable bonds is 3. The van der Waals surface area contributed by atoms with Gasteiger partial charge in [-0.1, -0.05) is 6.07 Å². The Hall–Kier alpha value is -0.710. The highest BCUT2D eigenvalue weighted by Gasteiger charge is 2.13. The minimum Gasteiger partial charge on any atom is -0.322 e. The molecule has 0 fully saturated rings. The third-order valence-electron chi connectivity index (χ3n) is 2.70. The Morgan fingerprint density at radius 1 is 1.47 bits per heavy atom. The van der Waals surface area contributed by atoms with Gasteiger partial charge in [0.1, 0.15) is 0 Å². The summed E-state index contributed by atoms with van der Waals surface area (Å²) in [6, 6.07) is 4.15. The number of aromatic nitrogens is 1. The van der Waals surface area contributed by atoms with Crippen molar-refractivity contribution in [2.45, 2.75) is 26.3 Å². The first-order valence-electron chi connectivity index (χ1n) is 5.48. The van der Waals surface area contributed by atoms with Crippen LogP contribution < -0.4 is 5.73 Å². The lowest BCUT2D eigenvalue weighted by Crippen LogP contribution is -2.16. The number of thiophene rings is 1. The van der Waals surface area contributed by atoms with E-state index in [4.69, 9.17) is 5.73 Å². The van der Waals surface area contributed by atoms with Gasteiger partial charge in [-0.05, 0) is 52.4 Å². The Kier molecular flexibility index (Phi) is 3.97. The van der Waals surface area contributed by atoms with Gasteiger partial charge in [-0.3, -0.25) is 4.98 Å². The second-order valence-corrected chi connectivity index (χ2v) is 6.07. The van der Waals surface area contributed by atoms with E-state index in [0.29, 0.717) is 0 Å². The van der Waals surface area contributed by atoms with Crippen LogP contribution in [0, 0.1) is 13.8 Å². The lowest BCUT2D eigenvalue weighted by molar-refractivity contribution is 0.695. The van der Waals surface area contributed by atoms with Gasteiger partial charge < -0.3 is 5.73 Å². The Bertz CT molecular complexity index is 522. The SMILES string of the molecule is Cc1cnc(C(N)Cc2sccc2Br)c(C)c1. The number of halogens is 1. The first kappa shape index (κ1) is 12.7. The van der Waals surface area contributed by atoms with Crippen LogP contribution in [-0.4, -0.2) is 4.98 Å². The molecule has 0 radical (unpaired) electrons. The lowest BCUT2D eigenvalue weighted by atomic mass is 10.0. The molecule has 1 unspecified atom stereocenters. The van der Waals surface area contributed by atoms with Crippen LogP contribution in [-0.2, 0) is 6.42 Å². The van der Waals surface area contributed by atoms with Crippen LogP contribution in [0.15, 0.2) is 28.2 Å². The van der Waals surface area contributed by atoms with Crippen LogP contribution in [0.4, 0.5) is 0 Å². The van der Waals surface area contributed by atoms with E-state index in [0.717, 1.165) is 16.6 Å². The maximum absolute atomic E-state index is 6.23. The molecule has 0 amide bonds. The van der Waals surface area contributed by atoms with Gasteiger partial charge in [0.05, 0.1) is 11.7 Å². The Balaban J connectivity index is 2.20. The molecule has 0 aliphatic carbocycles. The van der Waals surface area contributed by atoms with Crippen molar-refractivity contribution < 1.29 is 0 Å². The molecule has 0 aromatic carbocycles. The van der Waals surface area contributed by atoms with E-state index >= 15 is 0 Å². The van der Waals surface area contributed by atoms with Gasteiger partial charge in [-0.15, -0.1) is 11.3 Å². The third kappa shape index (κ3) is 2.94. The minimum atomic E-state index is -0.0365. The molecule has 4 heteroatoms. The van der Waals surface area contributed by atoms with Crippen molar-refractivity contribution in [3.8, 4) is 0 Å². The largest absolute Gasteiger partial charge is 0.322 e. The fraction of sp³-hybridized carbons (Fsp3) is 0.308. The van der Waals surface area contributed by atoms with Crippen LogP contribution in [0.3, 0.4) is 0 Å². The molecule has 2 rings (SSSR count). The zero-order valence-corrected chi connectivity index (χ0v) is 12.3. The maximum atomic E-state index is 6.23. The molecule has 0 bridgehead atoms. The molecule has 1 atom stereocenters. The van der Waals surface area contributed by atoms with Crippen LogP contribution in [0.1, 0.15) is 27.7 Å². The smallest absolute Gasteiger partial charge is 0.0603 e. The van der Waals surface area contributed by atoms with Crippen molar-refractivity contribution in [2.75, 3.05) is 0 Å². The Morgan fingerprint density at radius 3 is 2.82 bits per heavy atom. The second kappa shape index (κ2) is 5.29. The van der Waals surface area contributed by atoms with Gasteiger partial charge in [-0.2, -0.15) is 0 Å². The molecule has 17 heavy (non-hydrogen) atoms. The summed E-state index contributed by atoms with van der Waals surface area (Å²) >= 11 is 5.26. The summed E-state index contributed by atoms with van der Waals surface area (Å²) in [5.41, 5.74) is 9.57. The van der Waals surface area contributed by atoms with E-state index in [1.807, 2.05) is 13.1 Å². The van der Waals surface area contributed by atoms with Crippen LogP contribution in [0.2, 0.25) is 0 Å². The molecule has 0 aliphatic heterocycles. The summed E-state index contributed by atoms with van der Waals surface area (Å²) in [6.07, 6.45) is 2.71. The highest BCUT2D eigenvalue weighted by atomic mass is 79.9. The molecule has 2 N–H and O–H groups in total. The lowest BCUT2D eigenvalue weighted by Gasteiger charge is -2.13. The van der Waals surface area contributed by atoms with E-state index < -0.39 is 0 Å². The van der Waals surface area contributed by atoms with Crippen molar-refractivity contribution in [1.82, 2.24) is 4.98 Å². The van der Waals surface area contributed by atoms with E-state index in [-0.39, 0.29) is 6.04 Å². The topological polar surface area (TPSA) is 38.9 Å². The zero-order valence-electron chi connectivity index (χ0n) is 9.90. The quantitative estimate of drug-likeness (QED) is 0.937. The summed E-state index contributed by atoms with van der Waals surface area (Å²) in [6.45, 7) is 4.11. The first-order valence-corrected chi connectivity index (χ1v) is 7.16. The molecule has 0 aliphatic rings. The molecular weight excluding hydrogens is 296 g/mol. The second-order valence-electron chi connectivity index (χ2n) is 4.22. The number of nitrogens with zero attached hydrogens (tertiary/aromatic N) is 1. The summed E-state index contributed by atoms with van der Waals surface area (Å²) in [5.74, 6) is 0. The van der Waals surface area contributed by atoms with Crippen LogP contribution >= 0.6 is 27.3 Å². The number of pyridine rings is 1. The molecule has 2 nitrogen and oxygen atoms in total. The number of nitrogens with two attached hydrogens (primary N) is 1. The average Bonchev–Trinajstić information content (AvgIpc) is 2.64. The number of aryl methyl sites for hydroxylation is 2. The molecule has 2 aromatic rings. The van der Waals surface area contributed by atoms with Crippen molar-refractivity contribution in [3.63, 3.8) is 0 Å². The van der Waals surface area contributed by atoms with E-state index in [1.54, 1.807) is 11.3 Å². The average molecular weight is 311 g/mol. The van der Waals surface area contributed by atoms with E-state index in [2.05, 4.69) is 45.4 Å². The monoisotopic (exact) mass is 310 g/mol. The van der Waals surface area contributed by atoms with Crippen molar-refractivity contribution in [1.29, 1.82) is 0 Å². The van der Waals surface area contributed by atoms with Crippen molar-refractivity contribution in [2.24, 2.45) is 5.73 Å². The first-order chi connectivity index (χ1) is 8.08. The van der Waals surface area contributed by atoms with Crippen LogP contribution in [0.5, 0.6) is 0 Å². The molecule has 2 heterocycles. The summed E-state index contributed by atoms with van der Waals surface area (Å²) < 4.78 is 1.14. The molecule has 0 saturated carbocycles. The Morgan fingerprint density at radius 2 is 2.24 bits per heavy atom. The van der Waals surface area contributed by atoms with Gasteiger partial charge in [0.15, 0.2) is 0 Å². The summed E-state index contributed by atoms with van der Waals surface area (Å²) in [5, 5.41) is 2.07. The predicted molar refractivity (Wildman–Crippen MR) is 76.4 cm³/mol. The highest BCUT2D eigenvalue weighted by molar-refractivity contribution is 9.10. The van der Waals surface area contributed by atoms with Crippen molar-refractivity contribution in [3.05, 3.63) is 49.9 Å². The van der Waals surface area contributed by atoms with E-state index in [1.165, 1.54) is 16.0 Å². The number of hydrogen-bond donors (Lipinski definition) is 1. The van der Waals surface area contributed by atoms with Gasteiger partial charge in [0.25, 0.3) is 0 Å². The van der Waals surface area contributed by atoms with Gasteiger partial charge in [-0.25, -0.2) is 0 Å². The molecule has 0 saturated heterocycles. The fourth-order valence-corrected chi connectivity index (χ4v) is 3.46. The Labute approximate surface area is 114 Å². The molecule has 0 spiro atoms. The molecule has 90 valence electrons. The highest BCUT2D eigenvalue weighted by Crippen LogP contribution is 2.27. The predicted octanol–water partition coefficient (Wildman–Crippen LogP) is 3.76. The summed E-state index contributed by atoms with van der Waals surface area (Å²) in [4.78, 5) is 5.73. The van der Waals surface area contributed by atoms with Gasteiger partial charge in [0.2, 0.25) is 0 Å².